The molecule has 0 aromatic heterocycles. The molecule has 108 valence electrons. The average molecular weight is 266 g/mol. The Bertz CT molecular complexity index is 356. The molecule has 0 fully saturated rings. The molecule has 0 unspecified atom stereocenters. The number of hydrogen-bond acceptors (Lipinski definition) is 4. The number of Topliss-reactive ketones (excluding diaryl/α,β-unsaturated/α-hetero) is 1. The van der Waals surface area contributed by atoms with Crippen LogP contribution in [0.2, 0.25) is 0 Å². The van der Waals surface area contributed by atoms with Gasteiger partial charge in [0.1, 0.15) is 0 Å². The van der Waals surface area contributed by atoms with Crippen LogP contribution in [0.15, 0.2) is 12.2 Å². The van der Waals surface area contributed by atoms with Crippen molar-refractivity contribution in [1.82, 2.24) is 4.90 Å². The largest absolute Gasteiger partial charge is 0.390 e. The molecule has 0 aliphatic rings. The lowest BCUT2D eigenvalue weighted by atomic mass is 9.88. The highest BCUT2D eigenvalue weighted by Gasteiger charge is 2.35. The van der Waals surface area contributed by atoms with E-state index in [-0.39, 0.29) is 23.7 Å². The predicted molar refractivity (Wildman–Crippen MR) is 76.5 cm³/mol. The fourth-order valence-electron chi connectivity index (χ4n) is 1.87. The van der Waals surface area contributed by atoms with E-state index in [1.165, 1.54) is 6.08 Å². The third-order valence-electron chi connectivity index (χ3n) is 3.45. The highest BCUT2D eigenvalue weighted by atomic mass is 16.3. The Morgan fingerprint density at radius 2 is 1.79 bits per heavy atom. The first-order valence-corrected chi connectivity index (χ1v) is 6.74. The molecule has 0 saturated carbocycles. The van der Waals surface area contributed by atoms with E-state index in [0.717, 1.165) is 0 Å². The van der Waals surface area contributed by atoms with Gasteiger partial charge >= 0.3 is 0 Å². The topological polar surface area (TPSA) is 64.3 Å². The molecule has 0 aliphatic carbocycles. The molecule has 0 amide bonds. The van der Waals surface area contributed by atoms with E-state index in [9.17, 15) is 9.90 Å². The van der Waals surface area contributed by atoms with Crippen LogP contribution in [0.4, 0.5) is 0 Å². The highest BCUT2D eigenvalue weighted by Crippen LogP contribution is 2.19. The number of ketones is 1. The summed E-state index contributed by atoms with van der Waals surface area (Å²) in [5.74, 6) is -0.345. The molecule has 19 heavy (non-hydrogen) atoms. The van der Waals surface area contributed by atoms with Crippen molar-refractivity contribution in [3.05, 3.63) is 12.2 Å². The lowest BCUT2D eigenvalue weighted by molar-refractivity contribution is -0.132. The van der Waals surface area contributed by atoms with Crippen LogP contribution in [0.5, 0.6) is 0 Å². The van der Waals surface area contributed by atoms with E-state index in [4.69, 9.17) is 5.26 Å². The summed E-state index contributed by atoms with van der Waals surface area (Å²) in [7, 11) is 1.85. The highest BCUT2D eigenvalue weighted by molar-refractivity contribution is 5.86. The zero-order chi connectivity index (χ0) is 15.2. The van der Waals surface area contributed by atoms with Crippen molar-refractivity contribution in [2.24, 2.45) is 11.8 Å². The maximum absolute atomic E-state index is 12.3. The van der Waals surface area contributed by atoms with Gasteiger partial charge in [0.2, 0.25) is 0 Å². The molecule has 0 bridgehead atoms. The number of allylic oxidation sites excluding steroid dienone is 1. The summed E-state index contributed by atoms with van der Waals surface area (Å²) in [6.45, 7) is 9.47. The van der Waals surface area contributed by atoms with E-state index < -0.39 is 12.1 Å². The molecule has 1 N–H and O–H groups in total. The normalized spacial score (nSPS) is 16.9. The van der Waals surface area contributed by atoms with Crippen molar-refractivity contribution < 1.29 is 9.90 Å². The summed E-state index contributed by atoms with van der Waals surface area (Å²) in [6, 6.07) is 1.52. The Kier molecular flexibility index (Phi) is 7.58. The van der Waals surface area contributed by atoms with E-state index in [2.05, 4.69) is 0 Å². The van der Waals surface area contributed by atoms with E-state index in [0.29, 0.717) is 0 Å². The van der Waals surface area contributed by atoms with Gasteiger partial charge in [0.05, 0.1) is 18.2 Å². The number of carbonyl (C=O) groups is 1. The van der Waals surface area contributed by atoms with Gasteiger partial charge in [-0.1, -0.05) is 26.8 Å². The summed E-state index contributed by atoms with van der Waals surface area (Å²) in [5.41, 5.74) is 0. The first-order chi connectivity index (χ1) is 8.73. The number of likely N-dealkylation sites (N-methyl/N-ethyl adjacent to an activating group) is 1. The van der Waals surface area contributed by atoms with Gasteiger partial charge in [-0.2, -0.15) is 5.26 Å². The quantitative estimate of drug-likeness (QED) is 0.716. The number of carbonyl (C=O) groups excluding carboxylic acids is 1. The summed E-state index contributed by atoms with van der Waals surface area (Å²) < 4.78 is 0. The average Bonchev–Trinajstić information content (AvgIpc) is 2.35. The van der Waals surface area contributed by atoms with Crippen molar-refractivity contribution in [1.29, 1.82) is 5.26 Å². The fraction of sp³-hybridized carbons (Fsp3) is 0.733. The standard InChI is InChI=1S/C15H26N2O2/c1-10(2)14(18)13(17(6)11(3)4)15(19)12(5)8-7-9-16/h7-8,10-13,15,19H,1-6H3/b8-7+/t12-,13-,15-/m1/s1. The summed E-state index contributed by atoms with van der Waals surface area (Å²) >= 11 is 0. The fourth-order valence-corrected chi connectivity index (χ4v) is 1.87. The van der Waals surface area contributed by atoms with Crippen molar-refractivity contribution in [2.75, 3.05) is 7.05 Å². The first-order valence-electron chi connectivity index (χ1n) is 6.74. The minimum Gasteiger partial charge on any atom is -0.390 e. The monoisotopic (exact) mass is 266 g/mol. The Hall–Kier alpha value is -1.18. The molecule has 0 radical (unpaired) electrons. The lowest BCUT2D eigenvalue weighted by Gasteiger charge is -2.36. The van der Waals surface area contributed by atoms with Crippen LogP contribution in [0.3, 0.4) is 0 Å². The molecule has 0 aliphatic heterocycles. The number of nitrogens with zero attached hydrogens (tertiary/aromatic N) is 2. The van der Waals surface area contributed by atoms with Crippen molar-refractivity contribution in [2.45, 2.75) is 52.8 Å². The van der Waals surface area contributed by atoms with Gasteiger partial charge in [-0.25, -0.2) is 0 Å². The van der Waals surface area contributed by atoms with Gasteiger partial charge in [-0.15, -0.1) is 0 Å². The number of aliphatic hydroxyl groups is 1. The molecule has 0 saturated heterocycles. The van der Waals surface area contributed by atoms with Crippen LogP contribution in [-0.4, -0.2) is 41.0 Å². The van der Waals surface area contributed by atoms with Crippen LogP contribution in [0.25, 0.3) is 0 Å². The minimum atomic E-state index is -0.813. The molecule has 3 atom stereocenters. The molecule has 0 aromatic rings. The molecule has 0 heterocycles. The molecule has 0 spiro atoms. The van der Waals surface area contributed by atoms with Crippen LogP contribution in [0, 0.1) is 23.2 Å². The number of aliphatic hydroxyl groups excluding tert-OH is 1. The lowest BCUT2D eigenvalue weighted by Crippen LogP contribution is -2.53. The second-order valence-corrected chi connectivity index (χ2v) is 5.60. The first kappa shape index (κ1) is 17.8. The second-order valence-electron chi connectivity index (χ2n) is 5.60. The summed E-state index contributed by atoms with van der Waals surface area (Å²) in [4.78, 5) is 14.2. The van der Waals surface area contributed by atoms with E-state index >= 15 is 0 Å². The zero-order valence-corrected chi connectivity index (χ0v) is 12.8. The predicted octanol–water partition coefficient (Wildman–Crippen LogP) is 2.00. The molecule has 4 heteroatoms. The third-order valence-corrected chi connectivity index (χ3v) is 3.45. The van der Waals surface area contributed by atoms with Gasteiger partial charge in [-0.05, 0) is 20.9 Å². The smallest absolute Gasteiger partial charge is 0.155 e. The Labute approximate surface area is 116 Å². The maximum Gasteiger partial charge on any atom is 0.155 e. The van der Waals surface area contributed by atoms with Gasteiger partial charge in [0.15, 0.2) is 5.78 Å². The number of nitriles is 1. The van der Waals surface area contributed by atoms with Crippen molar-refractivity contribution in [3.63, 3.8) is 0 Å². The summed E-state index contributed by atoms with van der Waals surface area (Å²) in [6.07, 6.45) is 2.17. The van der Waals surface area contributed by atoms with Crippen LogP contribution in [-0.2, 0) is 4.79 Å². The molecule has 0 aromatic carbocycles. The van der Waals surface area contributed by atoms with E-state index in [1.54, 1.807) is 6.08 Å². The molecule has 4 nitrogen and oxygen atoms in total. The Balaban J connectivity index is 5.19. The van der Waals surface area contributed by atoms with Gasteiger partial charge in [0.25, 0.3) is 0 Å². The summed E-state index contributed by atoms with van der Waals surface area (Å²) in [5, 5.41) is 19.0. The van der Waals surface area contributed by atoms with Crippen LogP contribution in [0.1, 0.15) is 34.6 Å². The Morgan fingerprint density at radius 1 is 1.26 bits per heavy atom. The molecular weight excluding hydrogens is 240 g/mol. The minimum absolute atomic E-state index is 0.0286. The van der Waals surface area contributed by atoms with Crippen molar-refractivity contribution in [3.8, 4) is 6.07 Å². The van der Waals surface area contributed by atoms with Crippen LogP contribution >= 0.6 is 0 Å². The zero-order valence-electron chi connectivity index (χ0n) is 12.8. The molecule has 0 rings (SSSR count). The maximum atomic E-state index is 12.3. The number of hydrogen-bond donors (Lipinski definition) is 1. The van der Waals surface area contributed by atoms with Gasteiger partial charge in [-0.3, -0.25) is 9.69 Å². The second kappa shape index (κ2) is 8.08. The van der Waals surface area contributed by atoms with E-state index in [1.807, 2.05) is 52.6 Å². The third kappa shape index (κ3) is 5.14. The SMILES string of the molecule is CC(C)C(=O)[C@H]([C@H](O)[C@H](C)/C=C/C#N)N(C)C(C)C. The van der Waals surface area contributed by atoms with Crippen molar-refractivity contribution >= 4 is 5.78 Å². The number of rotatable bonds is 7. The molecular formula is C15H26N2O2. The van der Waals surface area contributed by atoms with Gasteiger partial charge < -0.3 is 5.11 Å². The van der Waals surface area contributed by atoms with Crippen LogP contribution < -0.4 is 0 Å². The van der Waals surface area contributed by atoms with Gasteiger partial charge in [0, 0.05) is 24.0 Å². The Morgan fingerprint density at radius 3 is 2.16 bits per heavy atom.